The van der Waals surface area contributed by atoms with Crippen LogP contribution in [0.4, 0.5) is 5.95 Å². The minimum Gasteiger partial charge on any atom is -0.493 e. The van der Waals surface area contributed by atoms with Gasteiger partial charge >= 0.3 is 0 Å². The fourth-order valence-corrected chi connectivity index (χ4v) is 5.08. The number of anilines is 1. The van der Waals surface area contributed by atoms with Crippen molar-refractivity contribution >= 4 is 17.4 Å². The molecule has 0 saturated carbocycles. The Kier molecular flexibility index (Phi) is 10.4. The lowest BCUT2D eigenvalue weighted by Crippen LogP contribution is -2.36. The fraction of sp³-hybridized carbons (Fsp3) is 0.567. The molecule has 1 aromatic heterocycles. The summed E-state index contributed by atoms with van der Waals surface area (Å²) in [6, 6.07) is 8.42. The standard InChI is InChI=1S/C30H42N4O3/c1-2-23-20-32-30(33-21-23)34-17-14-24(15-18-34)22-37-28-12-10-26(11-13-28)25-6-8-27(9-7-25)29(36)31-16-4-3-5-19-35/h6,10-13,20-21,24,27,35H,2-5,7-9,14-19,22H2,1H3,(H,31,36). The van der Waals surface area contributed by atoms with Crippen LogP contribution in [0.5, 0.6) is 5.75 Å². The van der Waals surface area contributed by atoms with Crippen molar-refractivity contribution in [1.82, 2.24) is 15.3 Å². The van der Waals surface area contributed by atoms with Gasteiger partial charge in [0, 0.05) is 44.6 Å². The minimum atomic E-state index is 0.0675. The lowest BCUT2D eigenvalue weighted by atomic mass is 9.86. The van der Waals surface area contributed by atoms with Crippen LogP contribution in [-0.4, -0.2) is 53.8 Å². The Morgan fingerprint density at radius 1 is 1.08 bits per heavy atom. The Bertz CT molecular complexity index is 998. The number of unbranched alkanes of at least 4 members (excludes halogenated alkanes) is 2. The van der Waals surface area contributed by atoms with Gasteiger partial charge in [0.2, 0.25) is 11.9 Å². The first-order valence-electron chi connectivity index (χ1n) is 14.0. The average Bonchev–Trinajstić information content (AvgIpc) is 2.96. The highest BCUT2D eigenvalue weighted by Gasteiger charge is 2.23. The van der Waals surface area contributed by atoms with Gasteiger partial charge in [-0.3, -0.25) is 4.79 Å². The van der Waals surface area contributed by atoms with Crippen molar-refractivity contribution in [3.05, 3.63) is 53.9 Å². The van der Waals surface area contributed by atoms with E-state index in [4.69, 9.17) is 9.84 Å². The molecule has 37 heavy (non-hydrogen) atoms. The predicted octanol–water partition coefficient (Wildman–Crippen LogP) is 4.80. The van der Waals surface area contributed by atoms with E-state index in [-0.39, 0.29) is 18.4 Å². The number of allylic oxidation sites excluding steroid dienone is 2. The van der Waals surface area contributed by atoms with Crippen molar-refractivity contribution in [3.8, 4) is 5.75 Å². The number of piperidine rings is 1. The van der Waals surface area contributed by atoms with Gasteiger partial charge in [-0.15, -0.1) is 0 Å². The van der Waals surface area contributed by atoms with E-state index in [1.54, 1.807) is 0 Å². The van der Waals surface area contributed by atoms with Gasteiger partial charge in [0.1, 0.15) is 5.75 Å². The Labute approximate surface area is 221 Å². The molecule has 1 amide bonds. The number of benzene rings is 1. The second kappa shape index (κ2) is 14.1. The SMILES string of the molecule is CCc1cnc(N2CCC(COc3ccc(C4=CCC(C(=O)NCCCCCO)CC4)cc3)CC2)nc1. The van der Waals surface area contributed by atoms with Crippen molar-refractivity contribution in [3.63, 3.8) is 0 Å². The molecule has 1 aliphatic carbocycles. The highest BCUT2D eigenvalue weighted by Crippen LogP contribution is 2.31. The predicted molar refractivity (Wildman–Crippen MR) is 148 cm³/mol. The number of carbonyl (C=O) groups is 1. The number of rotatable bonds is 12. The highest BCUT2D eigenvalue weighted by molar-refractivity contribution is 5.80. The molecule has 1 unspecified atom stereocenters. The summed E-state index contributed by atoms with van der Waals surface area (Å²) in [6.07, 6.45) is 14.5. The van der Waals surface area contributed by atoms with E-state index >= 15 is 0 Å². The van der Waals surface area contributed by atoms with Gasteiger partial charge in [-0.05, 0) is 92.5 Å². The van der Waals surface area contributed by atoms with E-state index in [0.717, 1.165) is 89.2 Å². The van der Waals surface area contributed by atoms with E-state index in [1.807, 2.05) is 12.4 Å². The number of amides is 1. The summed E-state index contributed by atoms with van der Waals surface area (Å²) < 4.78 is 6.13. The van der Waals surface area contributed by atoms with Crippen LogP contribution in [0.1, 0.15) is 69.4 Å². The Balaban J connectivity index is 1.17. The van der Waals surface area contributed by atoms with Crippen LogP contribution >= 0.6 is 0 Å². The van der Waals surface area contributed by atoms with E-state index in [1.165, 1.54) is 16.7 Å². The van der Waals surface area contributed by atoms with E-state index in [0.29, 0.717) is 12.5 Å². The molecule has 4 rings (SSSR count). The van der Waals surface area contributed by atoms with E-state index in [2.05, 4.69) is 57.4 Å². The minimum absolute atomic E-state index is 0.0675. The first-order chi connectivity index (χ1) is 18.2. The molecule has 7 heteroatoms. The third-order valence-corrected chi connectivity index (χ3v) is 7.62. The molecule has 1 saturated heterocycles. The number of aryl methyl sites for hydroxylation is 1. The van der Waals surface area contributed by atoms with Gasteiger partial charge in [0.05, 0.1) is 6.61 Å². The zero-order valence-electron chi connectivity index (χ0n) is 22.2. The molecule has 1 aliphatic heterocycles. The zero-order chi connectivity index (χ0) is 25.9. The summed E-state index contributed by atoms with van der Waals surface area (Å²) in [5.41, 5.74) is 3.71. The second-order valence-electron chi connectivity index (χ2n) is 10.3. The molecule has 7 nitrogen and oxygen atoms in total. The van der Waals surface area contributed by atoms with Gasteiger partial charge in [-0.1, -0.05) is 25.1 Å². The van der Waals surface area contributed by atoms with E-state index in [9.17, 15) is 4.79 Å². The van der Waals surface area contributed by atoms with Crippen LogP contribution in [0.3, 0.4) is 0 Å². The molecular weight excluding hydrogens is 464 g/mol. The number of ether oxygens (including phenoxy) is 1. The Morgan fingerprint density at radius 3 is 2.49 bits per heavy atom. The van der Waals surface area contributed by atoms with Gasteiger partial charge in [-0.25, -0.2) is 9.97 Å². The number of nitrogens with zero attached hydrogens (tertiary/aromatic N) is 3. The van der Waals surface area contributed by atoms with Crippen molar-refractivity contribution < 1.29 is 14.6 Å². The topological polar surface area (TPSA) is 87.6 Å². The van der Waals surface area contributed by atoms with Crippen molar-refractivity contribution in [2.75, 3.05) is 37.7 Å². The summed E-state index contributed by atoms with van der Waals surface area (Å²) in [7, 11) is 0. The van der Waals surface area contributed by atoms with Crippen molar-refractivity contribution in [2.45, 2.75) is 64.7 Å². The second-order valence-corrected chi connectivity index (χ2v) is 10.3. The molecule has 2 heterocycles. The van der Waals surface area contributed by atoms with Gasteiger partial charge in [0.25, 0.3) is 0 Å². The summed E-state index contributed by atoms with van der Waals surface area (Å²) >= 11 is 0. The van der Waals surface area contributed by atoms with Crippen LogP contribution < -0.4 is 15.0 Å². The normalized spacial score (nSPS) is 18.4. The molecule has 2 aromatic rings. The third-order valence-electron chi connectivity index (χ3n) is 7.62. The average molecular weight is 507 g/mol. The first kappa shape index (κ1) is 27.1. The molecule has 0 radical (unpaired) electrons. The lowest BCUT2D eigenvalue weighted by Gasteiger charge is -2.31. The quantitative estimate of drug-likeness (QED) is 0.402. The molecule has 0 spiro atoms. The lowest BCUT2D eigenvalue weighted by molar-refractivity contribution is -0.125. The van der Waals surface area contributed by atoms with Crippen molar-refractivity contribution in [2.24, 2.45) is 11.8 Å². The molecule has 2 aliphatic rings. The van der Waals surface area contributed by atoms with Gasteiger partial charge in [0.15, 0.2) is 0 Å². The smallest absolute Gasteiger partial charge is 0.225 e. The molecule has 1 fully saturated rings. The Morgan fingerprint density at radius 2 is 1.84 bits per heavy atom. The number of aliphatic hydroxyl groups is 1. The summed E-state index contributed by atoms with van der Waals surface area (Å²) in [6.45, 7) is 5.72. The maximum atomic E-state index is 12.4. The Hall–Kier alpha value is -2.93. The number of carbonyl (C=O) groups excluding carboxylic acids is 1. The molecule has 1 atom stereocenters. The zero-order valence-corrected chi connectivity index (χ0v) is 22.2. The summed E-state index contributed by atoms with van der Waals surface area (Å²) in [4.78, 5) is 23.7. The maximum absolute atomic E-state index is 12.4. The third kappa shape index (κ3) is 8.03. The number of hydrogen-bond donors (Lipinski definition) is 2. The number of nitrogens with one attached hydrogen (secondary N) is 1. The number of aliphatic hydroxyl groups excluding tert-OH is 1. The van der Waals surface area contributed by atoms with Crippen LogP contribution in [0.25, 0.3) is 5.57 Å². The largest absolute Gasteiger partial charge is 0.493 e. The van der Waals surface area contributed by atoms with Crippen molar-refractivity contribution in [1.29, 1.82) is 0 Å². The summed E-state index contributed by atoms with van der Waals surface area (Å²) in [5, 5.41) is 11.9. The van der Waals surface area contributed by atoms with Crippen LogP contribution in [0.2, 0.25) is 0 Å². The van der Waals surface area contributed by atoms with Crippen LogP contribution in [0, 0.1) is 11.8 Å². The van der Waals surface area contributed by atoms with Gasteiger partial charge in [-0.2, -0.15) is 0 Å². The molecule has 0 bridgehead atoms. The maximum Gasteiger partial charge on any atom is 0.225 e. The fourth-order valence-electron chi connectivity index (χ4n) is 5.08. The van der Waals surface area contributed by atoms with Gasteiger partial charge < -0.3 is 20.1 Å². The molecule has 200 valence electrons. The molecular formula is C30H42N4O3. The molecule has 2 N–H and O–H groups in total. The molecule has 1 aromatic carbocycles. The first-order valence-corrected chi connectivity index (χ1v) is 14.0. The highest BCUT2D eigenvalue weighted by atomic mass is 16.5. The van der Waals surface area contributed by atoms with Crippen LogP contribution in [-0.2, 0) is 11.2 Å². The summed E-state index contributed by atoms with van der Waals surface area (Å²) in [5.74, 6) is 2.53. The monoisotopic (exact) mass is 506 g/mol. The number of aromatic nitrogens is 2. The van der Waals surface area contributed by atoms with E-state index < -0.39 is 0 Å². The van der Waals surface area contributed by atoms with Crippen LogP contribution in [0.15, 0.2) is 42.7 Å². The number of hydrogen-bond acceptors (Lipinski definition) is 6.